The van der Waals surface area contributed by atoms with Crippen molar-refractivity contribution in [2.75, 3.05) is 39.6 Å². The minimum atomic E-state index is -0.700. The number of aliphatic hydroxyl groups is 4. The number of ether oxygens (including phenoxy) is 3. The zero-order valence-corrected chi connectivity index (χ0v) is 21.3. The Morgan fingerprint density at radius 2 is 1.00 bits per heavy atom. The first-order valence-electron chi connectivity index (χ1n) is 12.8. The SMILES string of the molecule is CCC(O)CC(O)CC(O)CC(C)O.CCCCCCCCCOCCOCCOCC. The second-order valence-electron chi connectivity index (χ2n) is 8.47. The van der Waals surface area contributed by atoms with E-state index in [9.17, 15) is 15.3 Å². The van der Waals surface area contributed by atoms with Crippen LogP contribution in [0.3, 0.4) is 0 Å². The number of hydrogen-bond donors (Lipinski definition) is 4. The predicted molar refractivity (Wildman–Crippen MR) is 130 cm³/mol. The number of unbranched alkanes of at least 4 members (excludes halogenated alkanes) is 6. The van der Waals surface area contributed by atoms with Crippen LogP contribution in [0.4, 0.5) is 0 Å². The van der Waals surface area contributed by atoms with Gasteiger partial charge in [-0.05, 0) is 46.0 Å². The van der Waals surface area contributed by atoms with Crippen LogP contribution < -0.4 is 0 Å². The number of hydrogen-bond acceptors (Lipinski definition) is 7. The van der Waals surface area contributed by atoms with Crippen LogP contribution in [0.5, 0.6) is 0 Å². The summed E-state index contributed by atoms with van der Waals surface area (Å²) in [5.74, 6) is 0. The van der Waals surface area contributed by atoms with E-state index in [1.165, 1.54) is 44.9 Å². The zero-order valence-electron chi connectivity index (χ0n) is 21.3. The van der Waals surface area contributed by atoms with E-state index in [-0.39, 0.29) is 19.3 Å². The van der Waals surface area contributed by atoms with E-state index in [4.69, 9.17) is 19.3 Å². The third kappa shape index (κ3) is 29.7. The molecular weight excluding hydrogens is 412 g/mol. The van der Waals surface area contributed by atoms with Crippen molar-refractivity contribution in [1.29, 1.82) is 0 Å². The number of rotatable bonds is 22. The van der Waals surface area contributed by atoms with Crippen molar-refractivity contribution in [1.82, 2.24) is 0 Å². The summed E-state index contributed by atoms with van der Waals surface area (Å²) < 4.78 is 16.0. The fraction of sp³-hybridized carbons (Fsp3) is 1.00. The molecule has 32 heavy (non-hydrogen) atoms. The maximum atomic E-state index is 9.43. The Morgan fingerprint density at radius 1 is 0.531 bits per heavy atom. The van der Waals surface area contributed by atoms with E-state index in [2.05, 4.69) is 6.92 Å². The van der Waals surface area contributed by atoms with Crippen LogP contribution in [-0.4, -0.2) is 84.5 Å². The summed E-state index contributed by atoms with van der Waals surface area (Å²) in [4.78, 5) is 0. The van der Waals surface area contributed by atoms with Crippen LogP contribution in [0.1, 0.15) is 98.3 Å². The van der Waals surface area contributed by atoms with Gasteiger partial charge in [0, 0.05) is 13.2 Å². The quantitative estimate of drug-likeness (QED) is 0.180. The van der Waals surface area contributed by atoms with Crippen molar-refractivity contribution < 1.29 is 34.6 Å². The van der Waals surface area contributed by atoms with Crippen LogP contribution in [-0.2, 0) is 14.2 Å². The predicted octanol–water partition coefficient (Wildman–Crippen LogP) is 3.84. The molecule has 7 nitrogen and oxygen atoms in total. The Morgan fingerprint density at radius 3 is 1.53 bits per heavy atom. The van der Waals surface area contributed by atoms with E-state index < -0.39 is 24.4 Å². The average Bonchev–Trinajstić information content (AvgIpc) is 2.73. The number of aliphatic hydroxyl groups excluding tert-OH is 4. The molecule has 4 unspecified atom stereocenters. The van der Waals surface area contributed by atoms with Gasteiger partial charge < -0.3 is 34.6 Å². The highest BCUT2D eigenvalue weighted by molar-refractivity contribution is 4.68. The second kappa shape index (κ2) is 27.0. The molecule has 0 aromatic carbocycles. The van der Waals surface area contributed by atoms with Gasteiger partial charge in [0.1, 0.15) is 0 Å². The Balaban J connectivity index is 0. The fourth-order valence-electron chi connectivity index (χ4n) is 3.13. The Kier molecular flexibility index (Phi) is 28.6. The smallest absolute Gasteiger partial charge is 0.0701 e. The van der Waals surface area contributed by atoms with Crippen molar-refractivity contribution in [2.45, 2.75) is 123 Å². The van der Waals surface area contributed by atoms with Gasteiger partial charge in [0.2, 0.25) is 0 Å². The molecule has 0 bridgehead atoms. The van der Waals surface area contributed by atoms with E-state index >= 15 is 0 Å². The van der Waals surface area contributed by atoms with E-state index in [1.807, 2.05) is 13.8 Å². The first kappa shape index (κ1) is 33.9. The molecule has 0 rings (SSSR count). The highest BCUT2D eigenvalue weighted by Crippen LogP contribution is 2.11. The van der Waals surface area contributed by atoms with Crippen LogP contribution in [0.2, 0.25) is 0 Å². The lowest BCUT2D eigenvalue weighted by Crippen LogP contribution is -2.24. The van der Waals surface area contributed by atoms with Gasteiger partial charge in [0.05, 0.1) is 50.8 Å². The molecule has 0 spiro atoms. The van der Waals surface area contributed by atoms with Gasteiger partial charge >= 0.3 is 0 Å². The average molecular weight is 467 g/mol. The highest BCUT2D eigenvalue weighted by atomic mass is 16.5. The van der Waals surface area contributed by atoms with Crippen molar-refractivity contribution >= 4 is 0 Å². The summed E-state index contributed by atoms with van der Waals surface area (Å²) >= 11 is 0. The standard InChI is InChI=1S/C15H32O3.C10H22O4/c1-3-5-6-7-8-9-10-11-17-14-15-18-13-12-16-4-2;1-3-8(12)5-10(14)6-9(13)4-7(2)11/h3-15H2,1-2H3;7-14H,3-6H2,1-2H3. The van der Waals surface area contributed by atoms with E-state index in [0.29, 0.717) is 32.8 Å². The Labute approximate surface area is 197 Å². The van der Waals surface area contributed by atoms with Crippen molar-refractivity contribution in [2.24, 2.45) is 0 Å². The highest BCUT2D eigenvalue weighted by Gasteiger charge is 2.16. The second-order valence-corrected chi connectivity index (χ2v) is 8.47. The molecule has 0 aromatic heterocycles. The van der Waals surface area contributed by atoms with Gasteiger partial charge in [0.15, 0.2) is 0 Å². The van der Waals surface area contributed by atoms with Crippen LogP contribution >= 0.6 is 0 Å². The molecule has 7 heteroatoms. The lowest BCUT2D eigenvalue weighted by atomic mass is 10.0. The molecule has 0 saturated carbocycles. The van der Waals surface area contributed by atoms with Gasteiger partial charge in [-0.25, -0.2) is 0 Å². The molecule has 0 amide bonds. The maximum absolute atomic E-state index is 9.43. The molecule has 0 aromatic rings. The lowest BCUT2D eigenvalue weighted by Gasteiger charge is -2.18. The van der Waals surface area contributed by atoms with Gasteiger partial charge in [-0.1, -0.05) is 52.4 Å². The minimum absolute atomic E-state index is 0.210. The van der Waals surface area contributed by atoms with Crippen LogP contribution in [0.25, 0.3) is 0 Å². The third-order valence-corrected chi connectivity index (χ3v) is 5.01. The maximum Gasteiger partial charge on any atom is 0.0701 e. The Hall–Kier alpha value is -0.280. The van der Waals surface area contributed by atoms with Gasteiger partial charge in [0.25, 0.3) is 0 Å². The van der Waals surface area contributed by atoms with Crippen molar-refractivity contribution in [3.63, 3.8) is 0 Å². The summed E-state index contributed by atoms with van der Waals surface area (Å²) in [6, 6.07) is 0. The summed E-state index contributed by atoms with van der Waals surface area (Å²) in [5.41, 5.74) is 0. The summed E-state index contributed by atoms with van der Waals surface area (Å²) in [7, 11) is 0. The zero-order chi connectivity index (χ0) is 24.5. The molecular formula is C25H54O7. The summed E-state index contributed by atoms with van der Waals surface area (Å²) in [6.07, 6.45) is 8.22. The normalized spacial score (nSPS) is 15.0. The van der Waals surface area contributed by atoms with E-state index in [0.717, 1.165) is 13.2 Å². The molecule has 4 atom stereocenters. The third-order valence-electron chi connectivity index (χ3n) is 5.01. The topological polar surface area (TPSA) is 109 Å². The first-order valence-corrected chi connectivity index (χ1v) is 12.8. The monoisotopic (exact) mass is 466 g/mol. The lowest BCUT2D eigenvalue weighted by molar-refractivity contribution is 0.0162. The molecule has 0 aliphatic carbocycles. The molecule has 0 heterocycles. The molecule has 0 saturated heterocycles. The molecule has 4 N–H and O–H groups in total. The summed E-state index contributed by atoms with van der Waals surface area (Å²) in [6.45, 7) is 12.1. The van der Waals surface area contributed by atoms with Crippen molar-refractivity contribution in [3.05, 3.63) is 0 Å². The molecule has 196 valence electrons. The van der Waals surface area contributed by atoms with Gasteiger partial charge in [-0.3, -0.25) is 0 Å². The van der Waals surface area contributed by atoms with E-state index in [1.54, 1.807) is 6.92 Å². The minimum Gasteiger partial charge on any atom is -0.393 e. The fourth-order valence-corrected chi connectivity index (χ4v) is 3.13. The first-order chi connectivity index (χ1) is 15.4. The van der Waals surface area contributed by atoms with Crippen molar-refractivity contribution in [3.8, 4) is 0 Å². The summed E-state index contributed by atoms with van der Waals surface area (Å²) in [5, 5.41) is 37.0. The van der Waals surface area contributed by atoms with Gasteiger partial charge in [-0.2, -0.15) is 0 Å². The molecule has 0 fully saturated rings. The molecule has 0 aliphatic rings. The largest absolute Gasteiger partial charge is 0.393 e. The van der Waals surface area contributed by atoms with Crippen LogP contribution in [0, 0.1) is 0 Å². The Bertz CT molecular complexity index is 326. The van der Waals surface area contributed by atoms with Crippen LogP contribution in [0.15, 0.2) is 0 Å². The van der Waals surface area contributed by atoms with Gasteiger partial charge in [-0.15, -0.1) is 0 Å². The molecule has 0 aliphatic heterocycles. The molecule has 0 radical (unpaired) electrons.